The monoisotopic (exact) mass is 1070 g/mol. The highest BCUT2D eigenvalue weighted by molar-refractivity contribution is 6.28. The van der Waals surface area contributed by atoms with Crippen LogP contribution in [0.25, 0.3) is 165 Å². The third-order valence-electron chi connectivity index (χ3n) is 18.4. The molecule has 6 aromatic heterocycles. The zero-order valence-corrected chi connectivity index (χ0v) is 45.7. The topological polar surface area (TPSA) is 29.6 Å². The SMILES string of the molecule is C1=C(n2c3ccccc3c3ccccc32)C=C(n2c3ccccc3c3c2ccc2c4ccccc4n(-c4cccc(-n5c6ccccc6c6c5ccc5c7ccccc7n(-c7cccc(-n8c9ccccc9c9ccccc98)c7)c56)c4)c23)CC1. The van der Waals surface area contributed by atoms with Gasteiger partial charge in [0.05, 0.1) is 66.2 Å². The van der Waals surface area contributed by atoms with Crippen molar-refractivity contribution >= 4 is 142 Å². The van der Waals surface area contributed by atoms with Crippen molar-refractivity contribution in [3.8, 4) is 22.7 Å². The predicted molar refractivity (Wildman–Crippen MR) is 354 cm³/mol. The number of fused-ring (bicyclic) bond motifs is 20. The summed E-state index contributed by atoms with van der Waals surface area (Å²) < 4.78 is 15.0. The molecule has 0 unspecified atom stereocenters. The molecule has 0 radical (unpaired) electrons. The van der Waals surface area contributed by atoms with E-state index in [0.29, 0.717) is 0 Å². The third kappa shape index (κ3) is 6.18. The van der Waals surface area contributed by atoms with Crippen LogP contribution in [0.1, 0.15) is 12.8 Å². The van der Waals surface area contributed by atoms with Gasteiger partial charge in [-0.2, -0.15) is 0 Å². The van der Waals surface area contributed by atoms with Crippen molar-refractivity contribution in [1.82, 2.24) is 27.4 Å². The summed E-state index contributed by atoms with van der Waals surface area (Å²) in [7, 11) is 0. The second-order valence-corrected chi connectivity index (χ2v) is 22.7. The molecule has 1 aliphatic rings. The Morgan fingerprint density at radius 3 is 0.964 bits per heavy atom. The number of rotatable bonds is 6. The van der Waals surface area contributed by atoms with Crippen LogP contribution in [0.4, 0.5) is 0 Å². The first kappa shape index (κ1) is 45.6. The highest BCUT2D eigenvalue weighted by Gasteiger charge is 2.26. The van der Waals surface area contributed by atoms with Crippen LogP contribution in [0.5, 0.6) is 0 Å². The fourth-order valence-corrected chi connectivity index (χ4v) is 15.1. The molecule has 6 nitrogen and oxygen atoms in total. The summed E-state index contributed by atoms with van der Waals surface area (Å²) in [5, 5.41) is 14.9. The zero-order valence-electron chi connectivity index (χ0n) is 45.7. The fraction of sp³-hybridized carbons (Fsp3) is 0.0256. The van der Waals surface area contributed by atoms with Crippen molar-refractivity contribution in [2.45, 2.75) is 12.8 Å². The molecule has 1 aliphatic carbocycles. The maximum absolute atomic E-state index is 2.56. The number of benzene rings is 12. The largest absolute Gasteiger partial charge is 0.313 e. The number of hydrogen-bond acceptors (Lipinski definition) is 0. The van der Waals surface area contributed by atoms with Gasteiger partial charge in [-0.1, -0.05) is 176 Å². The molecule has 0 bridgehead atoms. The normalized spacial score (nSPS) is 13.3. The van der Waals surface area contributed by atoms with Gasteiger partial charge < -0.3 is 27.4 Å². The van der Waals surface area contributed by atoms with E-state index in [9.17, 15) is 0 Å². The number of para-hydroxylation sites is 8. The second-order valence-electron chi connectivity index (χ2n) is 22.7. The molecule has 392 valence electrons. The molecule has 18 aromatic rings. The molecule has 0 fully saturated rings. The first-order chi connectivity index (χ1) is 41.7. The molecule has 0 saturated carbocycles. The van der Waals surface area contributed by atoms with Gasteiger partial charge in [-0.15, -0.1) is 0 Å². The van der Waals surface area contributed by atoms with Gasteiger partial charge in [0.15, 0.2) is 0 Å². The Labute approximate surface area is 481 Å². The standard InChI is InChI=1S/C78H50N6/c1-9-34-65-55(26-1)56-27-2-10-35-66(56)79(65)49-20-17-22-51(46-49)81-71-40-15-7-32-63(71)75-73(81)44-42-62-60-31-6-14-39-70(60)84(78(62)75)54-25-19-23-52(48-54)82-72-41-16-8-33-64(72)76-74(82)45-43-61-59-30-5-13-38-69(59)83(77(61)76)53-24-18-21-50(47-53)80-67-36-11-3-28-57(67)58-29-4-12-37-68(58)80/h1-16,18-21,23-48H,17,22H2. The van der Waals surface area contributed by atoms with Crippen LogP contribution < -0.4 is 0 Å². The van der Waals surface area contributed by atoms with E-state index in [2.05, 4.69) is 306 Å². The molecule has 0 saturated heterocycles. The van der Waals surface area contributed by atoms with E-state index >= 15 is 0 Å². The minimum atomic E-state index is 0.929. The van der Waals surface area contributed by atoms with Gasteiger partial charge in [-0.05, 0) is 116 Å². The van der Waals surface area contributed by atoms with Crippen LogP contribution in [-0.2, 0) is 0 Å². The second kappa shape index (κ2) is 17.2. The van der Waals surface area contributed by atoms with Crippen molar-refractivity contribution in [1.29, 1.82) is 0 Å². The zero-order chi connectivity index (χ0) is 54.7. The number of nitrogens with zero attached hydrogens (tertiary/aromatic N) is 6. The van der Waals surface area contributed by atoms with Crippen molar-refractivity contribution < 1.29 is 0 Å². The molecule has 19 rings (SSSR count). The summed E-state index contributed by atoms with van der Waals surface area (Å²) in [6.07, 6.45) is 6.74. The summed E-state index contributed by atoms with van der Waals surface area (Å²) in [4.78, 5) is 0. The van der Waals surface area contributed by atoms with E-state index < -0.39 is 0 Å². The molecule has 0 atom stereocenters. The minimum Gasteiger partial charge on any atom is -0.313 e. The minimum absolute atomic E-state index is 0.929. The highest BCUT2D eigenvalue weighted by Crippen LogP contribution is 2.46. The van der Waals surface area contributed by atoms with E-state index in [4.69, 9.17) is 0 Å². The van der Waals surface area contributed by atoms with Gasteiger partial charge in [0.25, 0.3) is 0 Å². The van der Waals surface area contributed by atoms with E-state index in [1.54, 1.807) is 0 Å². The lowest BCUT2D eigenvalue weighted by Crippen LogP contribution is -2.04. The fourth-order valence-electron chi connectivity index (χ4n) is 15.1. The van der Waals surface area contributed by atoms with Gasteiger partial charge in [0, 0.05) is 98.8 Å². The smallest absolute Gasteiger partial charge is 0.0641 e. The average Bonchev–Trinajstić information content (AvgIpc) is 1.79. The summed E-state index contributed by atoms with van der Waals surface area (Å²) in [6.45, 7) is 0. The van der Waals surface area contributed by atoms with E-state index in [-0.39, 0.29) is 0 Å². The van der Waals surface area contributed by atoms with E-state index in [1.165, 1.54) is 131 Å². The molecule has 6 heteroatoms. The average molecular weight is 1070 g/mol. The van der Waals surface area contributed by atoms with Crippen LogP contribution >= 0.6 is 0 Å². The Hall–Kier alpha value is -11.1. The van der Waals surface area contributed by atoms with Crippen LogP contribution in [0.15, 0.2) is 279 Å². The molecule has 6 heterocycles. The van der Waals surface area contributed by atoms with Crippen LogP contribution in [0.2, 0.25) is 0 Å². The highest BCUT2D eigenvalue weighted by atomic mass is 15.1. The molecular weight excluding hydrogens is 1020 g/mol. The molecule has 0 amide bonds. The lowest BCUT2D eigenvalue weighted by molar-refractivity contribution is 0.969. The number of allylic oxidation sites excluding steroid dienone is 4. The summed E-state index contributed by atoms with van der Waals surface area (Å²) >= 11 is 0. The van der Waals surface area contributed by atoms with E-state index in [0.717, 1.165) is 46.6 Å². The van der Waals surface area contributed by atoms with Gasteiger partial charge >= 0.3 is 0 Å². The Morgan fingerprint density at radius 1 is 0.226 bits per heavy atom. The Kier molecular flexibility index (Phi) is 9.36. The van der Waals surface area contributed by atoms with Crippen molar-refractivity contribution in [2.24, 2.45) is 0 Å². The van der Waals surface area contributed by atoms with Crippen molar-refractivity contribution in [3.05, 3.63) is 279 Å². The molecule has 0 aliphatic heterocycles. The third-order valence-corrected chi connectivity index (χ3v) is 18.4. The van der Waals surface area contributed by atoms with Crippen LogP contribution in [-0.4, -0.2) is 27.4 Å². The summed E-state index contributed by atoms with van der Waals surface area (Å²) in [5.41, 5.74) is 21.3. The first-order valence-corrected chi connectivity index (χ1v) is 29.2. The van der Waals surface area contributed by atoms with Gasteiger partial charge in [0.2, 0.25) is 0 Å². The molecular formula is C78H50N6. The first-order valence-electron chi connectivity index (χ1n) is 29.2. The van der Waals surface area contributed by atoms with E-state index in [1.807, 2.05) is 0 Å². The van der Waals surface area contributed by atoms with Crippen LogP contribution in [0.3, 0.4) is 0 Å². The number of aromatic nitrogens is 6. The van der Waals surface area contributed by atoms with Crippen molar-refractivity contribution in [2.75, 3.05) is 0 Å². The number of hydrogen-bond donors (Lipinski definition) is 0. The Balaban J connectivity index is 0.822. The van der Waals surface area contributed by atoms with Gasteiger partial charge in [-0.25, -0.2) is 0 Å². The Morgan fingerprint density at radius 2 is 0.536 bits per heavy atom. The maximum atomic E-state index is 2.56. The summed E-state index contributed by atoms with van der Waals surface area (Å²) in [6, 6.07) is 99.0. The van der Waals surface area contributed by atoms with Gasteiger partial charge in [-0.3, -0.25) is 0 Å². The predicted octanol–water partition coefficient (Wildman–Crippen LogP) is 20.5. The molecule has 0 spiro atoms. The summed E-state index contributed by atoms with van der Waals surface area (Å²) in [5.74, 6) is 0. The lowest BCUT2D eigenvalue weighted by atomic mass is 10.1. The van der Waals surface area contributed by atoms with Crippen molar-refractivity contribution in [3.63, 3.8) is 0 Å². The lowest BCUT2D eigenvalue weighted by Gasteiger charge is -2.19. The molecule has 12 aromatic carbocycles. The maximum Gasteiger partial charge on any atom is 0.0641 e. The quantitative estimate of drug-likeness (QED) is 0.159. The molecule has 84 heavy (non-hydrogen) atoms. The van der Waals surface area contributed by atoms with Gasteiger partial charge in [0.1, 0.15) is 0 Å². The Bertz CT molecular complexity index is 5830. The molecule has 0 N–H and O–H groups in total. The van der Waals surface area contributed by atoms with Crippen LogP contribution in [0, 0.1) is 0 Å².